The molecule has 3 aromatic rings. The summed E-state index contributed by atoms with van der Waals surface area (Å²) in [4.78, 5) is 24.5. The van der Waals surface area contributed by atoms with Gasteiger partial charge < -0.3 is 20.0 Å². The Kier molecular flexibility index (Phi) is 3.57. The first-order valence-electron chi connectivity index (χ1n) is 6.56. The van der Waals surface area contributed by atoms with Crippen molar-refractivity contribution in [2.45, 2.75) is 6.54 Å². The van der Waals surface area contributed by atoms with Crippen LogP contribution in [0.1, 0.15) is 16.2 Å². The van der Waals surface area contributed by atoms with Crippen LogP contribution in [-0.4, -0.2) is 25.4 Å². The first kappa shape index (κ1) is 13.8. The topological polar surface area (TPSA) is 112 Å². The quantitative estimate of drug-likeness (QED) is 0.742. The van der Waals surface area contributed by atoms with Crippen LogP contribution in [0.2, 0.25) is 0 Å². The molecule has 0 aliphatic rings. The Balaban J connectivity index is 1.74. The van der Waals surface area contributed by atoms with Crippen LogP contribution in [-0.2, 0) is 13.6 Å². The number of hydrogen-bond acceptors (Lipinski definition) is 6. The molecule has 0 spiro atoms. The highest BCUT2D eigenvalue weighted by molar-refractivity contribution is 5.98. The van der Waals surface area contributed by atoms with Gasteiger partial charge in [-0.15, -0.1) is 0 Å². The van der Waals surface area contributed by atoms with Crippen molar-refractivity contribution >= 4 is 11.7 Å². The van der Waals surface area contributed by atoms with Crippen LogP contribution in [0.15, 0.2) is 41.4 Å². The fourth-order valence-electron chi connectivity index (χ4n) is 1.92. The molecule has 112 valence electrons. The third kappa shape index (κ3) is 2.66. The molecule has 8 nitrogen and oxygen atoms in total. The van der Waals surface area contributed by atoms with Crippen molar-refractivity contribution in [2.24, 2.45) is 7.05 Å². The molecule has 3 N–H and O–H groups in total. The van der Waals surface area contributed by atoms with Gasteiger partial charge in [-0.1, -0.05) is 0 Å². The largest absolute Gasteiger partial charge is 0.461 e. The smallest absolute Gasteiger partial charge is 0.256 e. The molecule has 0 radical (unpaired) electrons. The minimum Gasteiger partial charge on any atom is -0.461 e. The highest BCUT2D eigenvalue weighted by atomic mass is 16.3. The zero-order valence-corrected chi connectivity index (χ0v) is 11.9. The SMILES string of the molecule is Cn1ccnc1CNC(=O)c1cnc(-c2ccco2)nc1N. The maximum absolute atomic E-state index is 12.1. The molecule has 3 rings (SSSR count). The van der Waals surface area contributed by atoms with Crippen LogP contribution in [0.3, 0.4) is 0 Å². The van der Waals surface area contributed by atoms with Gasteiger partial charge in [0, 0.05) is 25.6 Å². The van der Waals surface area contributed by atoms with E-state index in [9.17, 15) is 4.79 Å². The lowest BCUT2D eigenvalue weighted by Gasteiger charge is -2.07. The minimum atomic E-state index is -0.355. The first-order valence-corrected chi connectivity index (χ1v) is 6.56. The van der Waals surface area contributed by atoms with Gasteiger partial charge in [0.15, 0.2) is 11.6 Å². The fraction of sp³-hybridized carbons (Fsp3) is 0.143. The zero-order valence-electron chi connectivity index (χ0n) is 11.9. The summed E-state index contributed by atoms with van der Waals surface area (Å²) in [5.41, 5.74) is 6.05. The van der Waals surface area contributed by atoms with Crippen molar-refractivity contribution in [1.82, 2.24) is 24.8 Å². The number of aromatic nitrogens is 4. The van der Waals surface area contributed by atoms with Gasteiger partial charge in [-0.05, 0) is 12.1 Å². The number of nitrogens with two attached hydrogens (primary N) is 1. The van der Waals surface area contributed by atoms with Gasteiger partial charge in [0.05, 0.1) is 18.4 Å². The van der Waals surface area contributed by atoms with Crippen molar-refractivity contribution < 1.29 is 9.21 Å². The van der Waals surface area contributed by atoms with Crippen molar-refractivity contribution in [3.63, 3.8) is 0 Å². The number of imidazole rings is 1. The number of furan rings is 1. The first-order chi connectivity index (χ1) is 10.6. The molecule has 22 heavy (non-hydrogen) atoms. The molecule has 0 fully saturated rings. The lowest BCUT2D eigenvalue weighted by atomic mass is 10.2. The van der Waals surface area contributed by atoms with E-state index in [1.807, 2.05) is 11.6 Å². The molecule has 0 aromatic carbocycles. The molecule has 3 heterocycles. The van der Waals surface area contributed by atoms with Gasteiger partial charge in [0.2, 0.25) is 0 Å². The lowest BCUT2D eigenvalue weighted by molar-refractivity contribution is 0.0950. The molecular formula is C14H14N6O2. The van der Waals surface area contributed by atoms with Crippen molar-refractivity contribution in [2.75, 3.05) is 5.73 Å². The molecule has 0 unspecified atom stereocenters. The lowest BCUT2D eigenvalue weighted by Crippen LogP contribution is -2.25. The van der Waals surface area contributed by atoms with E-state index in [1.165, 1.54) is 12.5 Å². The van der Waals surface area contributed by atoms with Crippen LogP contribution >= 0.6 is 0 Å². The number of hydrogen-bond donors (Lipinski definition) is 2. The molecule has 1 amide bonds. The molecule has 0 saturated heterocycles. The van der Waals surface area contributed by atoms with E-state index in [2.05, 4.69) is 20.3 Å². The normalized spacial score (nSPS) is 10.6. The zero-order chi connectivity index (χ0) is 15.5. The number of nitrogen functional groups attached to an aromatic ring is 1. The van der Waals surface area contributed by atoms with E-state index in [-0.39, 0.29) is 17.3 Å². The molecular weight excluding hydrogens is 284 g/mol. The number of rotatable bonds is 4. The van der Waals surface area contributed by atoms with Gasteiger partial charge in [-0.25, -0.2) is 15.0 Å². The average Bonchev–Trinajstić information content (AvgIpc) is 3.16. The Bertz CT molecular complexity index is 794. The number of carbonyl (C=O) groups is 1. The maximum atomic E-state index is 12.1. The van der Waals surface area contributed by atoms with Gasteiger partial charge in [0.1, 0.15) is 11.6 Å². The van der Waals surface area contributed by atoms with Crippen LogP contribution < -0.4 is 11.1 Å². The molecule has 0 bridgehead atoms. The maximum Gasteiger partial charge on any atom is 0.256 e. The van der Waals surface area contributed by atoms with E-state index >= 15 is 0 Å². The van der Waals surface area contributed by atoms with Gasteiger partial charge in [-0.2, -0.15) is 0 Å². The minimum absolute atomic E-state index is 0.0961. The van der Waals surface area contributed by atoms with E-state index < -0.39 is 0 Å². The van der Waals surface area contributed by atoms with Crippen LogP contribution in [0, 0.1) is 0 Å². The Morgan fingerprint density at radius 1 is 1.45 bits per heavy atom. The van der Waals surface area contributed by atoms with Crippen LogP contribution in [0.5, 0.6) is 0 Å². The second-order valence-electron chi connectivity index (χ2n) is 4.61. The average molecular weight is 298 g/mol. The number of amides is 1. The number of anilines is 1. The monoisotopic (exact) mass is 298 g/mol. The van der Waals surface area contributed by atoms with E-state index in [1.54, 1.807) is 24.5 Å². The molecule has 0 atom stereocenters. The summed E-state index contributed by atoms with van der Waals surface area (Å²) in [6.45, 7) is 0.293. The van der Waals surface area contributed by atoms with Crippen molar-refractivity contribution in [3.8, 4) is 11.6 Å². The third-order valence-electron chi connectivity index (χ3n) is 3.13. The van der Waals surface area contributed by atoms with E-state index in [0.29, 0.717) is 18.1 Å². The summed E-state index contributed by atoms with van der Waals surface area (Å²) < 4.78 is 7.01. The summed E-state index contributed by atoms with van der Waals surface area (Å²) in [6, 6.07) is 3.44. The summed E-state index contributed by atoms with van der Waals surface area (Å²) in [6.07, 6.45) is 6.37. The second kappa shape index (κ2) is 5.68. The standard InChI is InChI=1S/C14H14N6O2/c1-20-5-4-16-11(20)8-18-14(21)9-7-17-13(19-12(9)15)10-3-2-6-22-10/h2-7H,8H2,1H3,(H,18,21)(H2,15,17,19). The summed E-state index contributed by atoms with van der Waals surface area (Å²) >= 11 is 0. The van der Waals surface area contributed by atoms with E-state index in [4.69, 9.17) is 10.2 Å². The molecule has 0 aliphatic carbocycles. The number of carbonyl (C=O) groups excluding carboxylic acids is 1. The number of aryl methyl sites for hydroxylation is 1. The summed E-state index contributed by atoms with van der Waals surface area (Å²) in [5, 5.41) is 2.73. The third-order valence-corrected chi connectivity index (χ3v) is 3.13. The molecule has 3 aromatic heterocycles. The Hall–Kier alpha value is -3.16. The predicted octanol–water partition coefficient (Wildman–Crippen LogP) is 0.982. The summed E-state index contributed by atoms with van der Waals surface area (Å²) in [7, 11) is 1.85. The van der Waals surface area contributed by atoms with Gasteiger partial charge in [-0.3, -0.25) is 4.79 Å². The van der Waals surface area contributed by atoms with E-state index in [0.717, 1.165) is 5.82 Å². The Morgan fingerprint density at radius 2 is 2.32 bits per heavy atom. The molecule has 0 saturated carbocycles. The predicted molar refractivity (Wildman–Crippen MR) is 78.5 cm³/mol. The second-order valence-corrected chi connectivity index (χ2v) is 4.61. The number of nitrogens with zero attached hydrogens (tertiary/aromatic N) is 4. The van der Waals surface area contributed by atoms with Crippen molar-refractivity contribution in [1.29, 1.82) is 0 Å². The highest BCUT2D eigenvalue weighted by Crippen LogP contribution is 2.17. The molecule has 0 aliphatic heterocycles. The van der Waals surface area contributed by atoms with Gasteiger partial charge in [0.25, 0.3) is 5.91 Å². The van der Waals surface area contributed by atoms with Gasteiger partial charge >= 0.3 is 0 Å². The fourth-order valence-corrected chi connectivity index (χ4v) is 1.92. The number of nitrogens with one attached hydrogen (secondary N) is 1. The Labute approximate surface area is 126 Å². The van der Waals surface area contributed by atoms with Crippen molar-refractivity contribution in [3.05, 3.63) is 48.4 Å². The van der Waals surface area contributed by atoms with Crippen LogP contribution in [0.25, 0.3) is 11.6 Å². The van der Waals surface area contributed by atoms with Crippen LogP contribution in [0.4, 0.5) is 5.82 Å². The highest BCUT2D eigenvalue weighted by Gasteiger charge is 2.14. The summed E-state index contributed by atoms with van der Waals surface area (Å²) in [5.74, 6) is 1.31. The molecule has 8 heteroatoms. The Morgan fingerprint density at radius 3 is 2.95 bits per heavy atom.